The number of benzene rings is 1. The van der Waals surface area contributed by atoms with E-state index in [9.17, 15) is 4.79 Å². The molecular formula is C17H20N4O. The lowest BCUT2D eigenvalue weighted by Crippen LogP contribution is -2.30. The lowest BCUT2D eigenvalue weighted by Gasteiger charge is -2.17. The fraction of sp³-hybridized carbons (Fsp3) is 0.353. The second kappa shape index (κ2) is 6.13. The van der Waals surface area contributed by atoms with E-state index in [0.29, 0.717) is 24.1 Å². The monoisotopic (exact) mass is 296 g/mol. The number of anilines is 2. The molecule has 0 aliphatic carbocycles. The van der Waals surface area contributed by atoms with E-state index in [-0.39, 0.29) is 5.91 Å². The number of amides is 1. The molecular weight excluding hydrogens is 276 g/mol. The van der Waals surface area contributed by atoms with Gasteiger partial charge in [0.05, 0.1) is 0 Å². The largest absolute Gasteiger partial charge is 0.366 e. The Kier molecular flexibility index (Phi) is 4.04. The summed E-state index contributed by atoms with van der Waals surface area (Å²) in [7, 11) is 0. The Bertz CT molecular complexity index is 669. The highest BCUT2D eigenvalue weighted by Gasteiger charge is 2.26. The number of nitrogens with one attached hydrogen (secondary N) is 1. The van der Waals surface area contributed by atoms with Crippen LogP contribution in [0, 0.1) is 0 Å². The number of carbonyl (C=O) groups excluding carboxylic acids is 1. The lowest BCUT2D eigenvalue weighted by molar-refractivity contribution is 0.0983. The smallest absolute Gasteiger partial charge is 0.278 e. The topological polar surface area (TPSA) is 58.1 Å². The Labute approximate surface area is 130 Å². The zero-order valence-corrected chi connectivity index (χ0v) is 12.9. The highest BCUT2D eigenvalue weighted by Crippen LogP contribution is 2.28. The molecule has 0 spiro atoms. The molecule has 2 heterocycles. The highest BCUT2D eigenvalue weighted by molar-refractivity contribution is 6.06. The van der Waals surface area contributed by atoms with E-state index in [1.165, 1.54) is 5.56 Å². The van der Waals surface area contributed by atoms with Gasteiger partial charge < -0.3 is 10.2 Å². The number of nitrogens with zero attached hydrogens (tertiary/aromatic N) is 3. The summed E-state index contributed by atoms with van der Waals surface area (Å²) in [4.78, 5) is 14.4. The maximum absolute atomic E-state index is 12.6. The summed E-state index contributed by atoms with van der Waals surface area (Å²) in [5.74, 6) is 0.611. The maximum Gasteiger partial charge on any atom is 0.278 e. The molecule has 0 radical (unpaired) electrons. The molecule has 114 valence electrons. The summed E-state index contributed by atoms with van der Waals surface area (Å²) in [6.45, 7) is 4.89. The molecule has 0 fully saturated rings. The number of hydrogen-bond donors (Lipinski definition) is 1. The van der Waals surface area contributed by atoms with E-state index < -0.39 is 0 Å². The number of fused-ring (bicyclic) bond motifs is 1. The van der Waals surface area contributed by atoms with Gasteiger partial charge >= 0.3 is 0 Å². The minimum atomic E-state index is -0.0902. The van der Waals surface area contributed by atoms with Crippen LogP contribution in [0.4, 0.5) is 11.5 Å². The molecule has 5 heteroatoms. The van der Waals surface area contributed by atoms with E-state index in [1.807, 2.05) is 24.3 Å². The van der Waals surface area contributed by atoms with Crippen molar-refractivity contribution in [3.05, 3.63) is 47.7 Å². The van der Waals surface area contributed by atoms with Crippen molar-refractivity contribution in [2.24, 2.45) is 0 Å². The first kappa shape index (κ1) is 14.5. The minimum Gasteiger partial charge on any atom is -0.366 e. The van der Waals surface area contributed by atoms with E-state index in [0.717, 1.165) is 18.5 Å². The Morgan fingerprint density at radius 3 is 2.82 bits per heavy atom. The van der Waals surface area contributed by atoms with Crippen LogP contribution in [0.15, 0.2) is 36.4 Å². The van der Waals surface area contributed by atoms with Gasteiger partial charge in [0.15, 0.2) is 5.69 Å². The Hall–Kier alpha value is -2.43. The standard InChI is InChI=1S/C17H20N4O/c1-3-12(2)18-16-9-8-14(19-20-16)17(22)21-11-10-13-6-4-5-7-15(13)21/h4-9,12H,3,10-11H2,1-2H3,(H,18,20). The van der Waals surface area contributed by atoms with Crippen molar-refractivity contribution in [1.29, 1.82) is 0 Å². The first-order valence-electron chi connectivity index (χ1n) is 7.69. The second-order valence-electron chi connectivity index (χ2n) is 5.59. The molecule has 1 N–H and O–H groups in total. The van der Waals surface area contributed by atoms with Crippen LogP contribution >= 0.6 is 0 Å². The van der Waals surface area contributed by atoms with Gasteiger partial charge in [-0.1, -0.05) is 25.1 Å². The number of para-hydroxylation sites is 1. The van der Waals surface area contributed by atoms with Crippen LogP contribution < -0.4 is 10.2 Å². The molecule has 5 nitrogen and oxygen atoms in total. The average Bonchev–Trinajstić information content (AvgIpc) is 2.99. The van der Waals surface area contributed by atoms with E-state index >= 15 is 0 Å². The molecule has 3 rings (SSSR count). The van der Waals surface area contributed by atoms with Crippen LogP contribution in [0.5, 0.6) is 0 Å². The summed E-state index contributed by atoms with van der Waals surface area (Å²) in [6, 6.07) is 11.9. The quantitative estimate of drug-likeness (QED) is 0.942. The minimum absolute atomic E-state index is 0.0902. The van der Waals surface area contributed by atoms with Crippen LogP contribution in [-0.4, -0.2) is 28.7 Å². The zero-order chi connectivity index (χ0) is 15.5. The highest BCUT2D eigenvalue weighted by atomic mass is 16.2. The molecule has 1 unspecified atom stereocenters. The fourth-order valence-electron chi connectivity index (χ4n) is 2.57. The number of hydrogen-bond acceptors (Lipinski definition) is 4. The van der Waals surface area contributed by atoms with Crippen molar-refractivity contribution in [2.45, 2.75) is 32.7 Å². The fourth-order valence-corrected chi connectivity index (χ4v) is 2.57. The number of rotatable bonds is 4. The normalized spacial score (nSPS) is 14.5. The summed E-state index contributed by atoms with van der Waals surface area (Å²) in [6.07, 6.45) is 1.90. The van der Waals surface area contributed by atoms with Crippen molar-refractivity contribution in [2.75, 3.05) is 16.8 Å². The van der Waals surface area contributed by atoms with Gasteiger partial charge in [-0.25, -0.2) is 0 Å². The van der Waals surface area contributed by atoms with Crippen molar-refractivity contribution in [1.82, 2.24) is 10.2 Å². The van der Waals surface area contributed by atoms with Gasteiger partial charge in [0.25, 0.3) is 5.91 Å². The molecule has 1 aliphatic heterocycles. The zero-order valence-electron chi connectivity index (χ0n) is 12.9. The molecule has 1 atom stereocenters. The lowest BCUT2D eigenvalue weighted by atomic mass is 10.2. The number of carbonyl (C=O) groups is 1. The van der Waals surface area contributed by atoms with Crippen molar-refractivity contribution in [3.63, 3.8) is 0 Å². The van der Waals surface area contributed by atoms with Crippen LogP contribution in [0.25, 0.3) is 0 Å². The first-order chi connectivity index (χ1) is 10.7. The molecule has 2 aromatic rings. The molecule has 22 heavy (non-hydrogen) atoms. The third kappa shape index (κ3) is 2.79. The molecule has 0 saturated heterocycles. The Balaban J connectivity index is 1.76. The van der Waals surface area contributed by atoms with Gasteiger partial charge in [0.1, 0.15) is 5.82 Å². The van der Waals surface area contributed by atoms with Crippen molar-refractivity contribution in [3.8, 4) is 0 Å². The molecule has 1 aliphatic rings. The number of aromatic nitrogens is 2. The third-order valence-electron chi connectivity index (χ3n) is 4.02. The molecule has 1 aromatic heterocycles. The van der Waals surface area contributed by atoms with Gasteiger partial charge in [-0.15, -0.1) is 10.2 Å². The Morgan fingerprint density at radius 1 is 1.27 bits per heavy atom. The second-order valence-corrected chi connectivity index (χ2v) is 5.59. The van der Waals surface area contributed by atoms with Crippen LogP contribution in [0.2, 0.25) is 0 Å². The summed E-state index contributed by atoms with van der Waals surface area (Å²) in [5.41, 5.74) is 2.57. The summed E-state index contributed by atoms with van der Waals surface area (Å²) in [5, 5.41) is 11.4. The maximum atomic E-state index is 12.6. The predicted molar refractivity (Wildman–Crippen MR) is 87.2 cm³/mol. The van der Waals surface area contributed by atoms with Crippen LogP contribution in [-0.2, 0) is 6.42 Å². The SMILES string of the molecule is CCC(C)Nc1ccc(C(=O)N2CCc3ccccc32)nn1. The van der Waals surface area contributed by atoms with Gasteiger partial charge in [0, 0.05) is 18.3 Å². The van der Waals surface area contributed by atoms with Crippen molar-refractivity contribution >= 4 is 17.4 Å². The van der Waals surface area contributed by atoms with E-state index in [2.05, 4.69) is 35.4 Å². The first-order valence-corrected chi connectivity index (χ1v) is 7.69. The van der Waals surface area contributed by atoms with Gasteiger partial charge in [-0.2, -0.15) is 0 Å². The summed E-state index contributed by atoms with van der Waals surface area (Å²) < 4.78 is 0. The molecule has 1 aromatic carbocycles. The summed E-state index contributed by atoms with van der Waals surface area (Å²) >= 11 is 0. The van der Waals surface area contributed by atoms with Gasteiger partial charge in [0.2, 0.25) is 0 Å². The third-order valence-corrected chi connectivity index (χ3v) is 4.02. The molecule has 0 saturated carbocycles. The Morgan fingerprint density at radius 2 is 2.09 bits per heavy atom. The van der Waals surface area contributed by atoms with Crippen LogP contribution in [0.3, 0.4) is 0 Å². The average molecular weight is 296 g/mol. The molecule has 0 bridgehead atoms. The van der Waals surface area contributed by atoms with Gasteiger partial charge in [-0.3, -0.25) is 4.79 Å². The molecule has 1 amide bonds. The van der Waals surface area contributed by atoms with Gasteiger partial charge in [-0.05, 0) is 43.5 Å². The van der Waals surface area contributed by atoms with Crippen molar-refractivity contribution < 1.29 is 4.79 Å². The van der Waals surface area contributed by atoms with Crippen LogP contribution in [0.1, 0.15) is 36.3 Å². The van der Waals surface area contributed by atoms with E-state index in [4.69, 9.17) is 0 Å². The predicted octanol–water partition coefficient (Wildman–Crippen LogP) is 2.89. The van der Waals surface area contributed by atoms with E-state index in [1.54, 1.807) is 11.0 Å².